The van der Waals surface area contributed by atoms with E-state index in [2.05, 4.69) is 4.74 Å². The fourth-order valence-corrected chi connectivity index (χ4v) is 1.32. The molecule has 0 aliphatic rings. The molecule has 0 atom stereocenters. The number of carbonyl (C=O) groups excluding carboxylic acids is 1. The Morgan fingerprint density at radius 2 is 2.11 bits per heavy atom. The molecule has 0 spiro atoms. The van der Waals surface area contributed by atoms with Crippen molar-refractivity contribution >= 4 is 11.7 Å². The third-order valence-corrected chi connectivity index (χ3v) is 2.31. The molecule has 102 valence electrons. The molecule has 0 unspecified atom stereocenters. The number of hydrogen-bond acceptors (Lipinski definition) is 5. The zero-order chi connectivity index (χ0) is 14.4. The van der Waals surface area contributed by atoms with Crippen LogP contribution in [0.25, 0.3) is 0 Å². The van der Waals surface area contributed by atoms with Gasteiger partial charge in [-0.1, -0.05) is 5.57 Å². The maximum absolute atomic E-state index is 11.4. The van der Waals surface area contributed by atoms with Gasteiger partial charge < -0.3 is 9.47 Å². The summed E-state index contributed by atoms with van der Waals surface area (Å²) in [5.74, 6) is -0.521. The number of nitro benzene ring substituents is 1. The Morgan fingerprint density at radius 3 is 2.63 bits per heavy atom. The number of nitro groups is 1. The van der Waals surface area contributed by atoms with E-state index in [1.807, 2.05) is 13.8 Å². The van der Waals surface area contributed by atoms with Crippen LogP contribution in [0, 0.1) is 10.1 Å². The van der Waals surface area contributed by atoms with E-state index < -0.39 is 10.9 Å². The first-order valence-corrected chi connectivity index (χ1v) is 5.58. The van der Waals surface area contributed by atoms with Gasteiger partial charge in [0, 0.05) is 12.1 Å². The molecule has 1 rings (SSSR count). The van der Waals surface area contributed by atoms with Crippen LogP contribution in [0.1, 0.15) is 24.2 Å². The van der Waals surface area contributed by atoms with Crippen molar-refractivity contribution in [3.63, 3.8) is 0 Å². The fourth-order valence-electron chi connectivity index (χ4n) is 1.32. The summed E-state index contributed by atoms with van der Waals surface area (Å²) in [6.07, 6.45) is 1.79. The molecule has 1 aromatic carbocycles. The molecule has 0 fully saturated rings. The average molecular weight is 265 g/mol. The van der Waals surface area contributed by atoms with E-state index in [4.69, 9.17) is 4.74 Å². The SMILES string of the molecule is COC(=O)c1ccc([N+](=O)[O-])c(OCC=C(C)C)c1. The molecule has 0 radical (unpaired) electrons. The third-order valence-electron chi connectivity index (χ3n) is 2.31. The summed E-state index contributed by atoms with van der Waals surface area (Å²) < 4.78 is 9.88. The van der Waals surface area contributed by atoms with Crippen molar-refractivity contribution in [2.75, 3.05) is 13.7 Å². The van der Waals surface area contributed by atoms with Gasteiger partial charge in [-0.3, -0.25) is 10.1 Å². The number of carbonyl (C=O) groups is 1. The van der Waals surface area contributed by atoms with Gasteiger partial charge in [-0.2, -0.15) is 0 Å². The second-order valence-corrected chi connectivity index (χ2v) is 4.02. The van der Waals surface area contributed by atoms with Gasteiger partial charge in [-0.25, -0.2) is 4.79 Å². The summed E-state index contributed by atoms with van der Waals surface area (Å²) in [5, 5.41) is 10.9. The first kappa shape index (κ1) is 14.7. The molecule has 0 saturated carbocycles. The quantitative estimate of drug-likeness (QED) is 0.354. The highest BCUT2D eigenvalue weighted by molar-refractivity contribution is 5.90. The van der Waals surface area contributed by atoms with Crippen LogP contribution in [-0.2, 0) is 4.74 Å². The van der Waals surface area contributed by atoms with Gasteiger partial charge in [0.05, 0.1) is 17.6 Å². The lowest BCUT2D eigenvalue weighted by Gasteiger charge is -2.06. The molecule has 0 saturated heterocycles. The molecule has 0 N–H and O–H groups in total. The fraction of sp³-hybridized carbons (Fsp3) is 0.308. The van der Waals surface area contributed by atoms with Gasteiger partial charge in [0.1, 0.15) is 6.61 Å². The average Bonchev–Trinajstić information content (AvgIpc) is 2.37. The van der Waals surface area contributed by atoms with Crippen LogP contribution >= 0.6 is 0 Å². The van der Waals surface area contributed by atoms with Gasteiger partial charge in [0.25, 0.3) is 0 Å². The zero-order valence-electron chi connectivity index (χ0n) is 11.0. The van der Waals surface area contributed by atoms with Crippen molar-refractivity contribution < 1.29 is 19.2 Å². The van der Waals surface area contributed by atoms with Gasteiger partial charge >= 0.3 is 11.7 Å². The predicted molar refractivity (Wildman–Crippen MR) is 69.4 cm³/mol. The molecule has 0 aliphatic carbocycles. The Bertz CT molecular complexity index is 518. The van der Waals surface area contributed by atoms with Crippen molar-refractivity contribution in [3.05, 3.63) is 45.5 Å². The number of nitrogens with zero attached hydrogens (tertiary/aromatic N) is 1. The minimum absolute atomic E-state index is 0.0467. The second-order valence-electron chi connectivity index (χ2n) is 4.02. The van der Waals surface area contributed by atoms with E-state index in [1.165, 1.54) is 25.3 Å². The van der Waals surface area contributed by atoms with Crippen molar-refractivity contribution in [3.8, 4) is 5.75 Å². The Hall–Kier alpha value is -2.37. The Balaban J connectivity index is 3.05. The summed E-state index contributed by atoms with van der Waals surface area (Å²) in [5.41, 5.74) is 1.06. The van der Waals surface area contributed by atoms with E-state index >= 15 is 0 Å². The van der Waals surface area contributed by atoms with E-state index in [0.29, 0.717) is 0 Å². The van der Waals surface area contributed by atoms with Crippen LogP contribution in [0.15, 0.2) is 29.8 Å². The first-order chi connectivity index (χ1) is 8.95. The Kier molecular flexibility index (Phi) is 5.05. The van der Waals surface area contributed by atoms with Crippen molar-refractivity contribution in [2.45, 2.75) is 13.8 Å². The summed E-state index contributed by atoms with van der Waals surface area (Å²) in [4.78, 5) is 21.7. The van der Waals surface area contributed by atoms with Crippen LogP contribution < -0.4 is 4.74 Å². The van der Waals surface area contributed by atoms with Crippen molar-refractivity contribution in [1.29, 1.82) is 0 Å². The van der Waals surface area contributed by atoms with Gasteiger partial charge in [-0.05, 0) is 26.0 Å². The molecule has 19 heavy (non-hydrogen) atoms. The molecule has 0 aliphatic heterocycles. The number of rotatable bonds is 5. The second kappa shape index (κ2) is 6.53. The van der Waals surface area contributed by atoms with Crippen LogP contribution in [0.4, 0.5) is 5.69 Å². The summed E-state index contributed by atoms with van der Waals surface area (Å²) >= 11 is 0. The predicted octanol–water partition coefficient (Wildman–Crippen LogP) is 2.73. The Labute approximate surface area is 110 Å². The molecule has 1 aromatic rings. The van der Waals surface area contributed by atoms with Crippen LogP contribution in [0.2, 0.25) is 0 Å². The van der Waals surface area contributed by atoms with Crippen LogP contribution in [0.3, 0.4) is 0 Å². The highest BCUT2D eigenvalue weighted by Crippen LogP contribution is 2.28. The lowest BCUT2D eigenvalue weighted by Crippen LogP contribution is -2.04. The summed E-state index contributed by atoms with van der Waals surface area (Å²) in [7, 11) is 1.24. The van der Waals surface area contributed by atoms with E-state index in [9.17, 15) is 14.9 Å². The lowest BCUT2D eigenvalue weighted by molar-refractivity contribution is -0.385. The van der Waals surface area contributed by atoms with Crippen LogP contribution in [0.5, 0.6) is 5.75 Å². The summed E-state index contributed by atoms with van der Waals surface area (Å²) in [6.45, 7) is 3.99. The van der Waals surface area contributed by atoms with Crippen molar-refractivity contribution in [2.24, 2.45) is 0 Å². The summed E-state index contributed by atoms with van der Waals surface area (Å²) in [6, 6.07) is 3.87. The molecule has 0 heterocycles. The first-order valence-electron chi connectivity index (χ1n) is 5.58. The van der Waals surface area contributed by atoms with E-state index in [0.717, 1.165) is 5.57 Å². The topological polar surface area (TPSA) is 78.7 Å². The maximum atomic E-state index is 11.4. The molecule has 6 nitrogen and oxygen atoms in total. The number of esters is 1. The lowest BCUT2D eigenvalue weighted by atomic mass is 10.2. The van der Waals surface area contributed by atoms with Crippen LogP contribution in [-0.4, -0.2) is 24.6 Å². The van der Waals surface area contributed by atoms with E-state index in [1.54, 1.807) is 6.08 Å². The zero-order valence-corrected chi connectivity index (χ0v) is 11.0. The largest absolute Gasteiger partial charge is 0.483 e. The number of methoxy groups -OCH3 is 1. The van der Waals surface area contributed by atoms with Crippen molar-refractivity contribution in [1.82, 2.24) is 0 Å². The standard InChI is InChI=1S/C13H15NO5/c1-9(2)6-7-19-12-8-10(13(15)18-3)4-5-11(12)14(16)17/h4-6,8H,7H2,1-3H3. The smallest absolute Gasteiger partial charge is 0.337 e. The molecule has 0 amide bonds. The van der Waals surface area contributed by atoms with Gasteiger partial charge in [0.2, 0.25) is 0 Å². The third kappa shape index (κ3) is 4.09. The highest BCUT2D eigenvalue weighted by Gasteiger charge is 2.18. The maximum Gasteiger partial charge on any atom is 0.337 e. The normalized spacial score (nSPS) is 9.63. The minimum atomic E-state index is -0.568. The molecule has 0 aromatic heterocycles. The number of hydrogen-bond donors (Lipinski definition) is 0. The van der Waals surface area contributed by atoms with E-state index in [-0.39, 0.29) is 23.6 Å². The monoisotopic (exact) mass is 265 g/mol. The molecular formula is C13H15NO5. The number of benzene rings is 1. The number of allylic oxidation sites excluding steroid dienone is 1. The van der Waals surface area contributed by atoms with Gasteiger partial charge in [0.15, 0.2) is 5.75 Å². The molecular weight excluding hydrogens is 250 g/mol. The number of ether oxygens (including phenoxy) is 2. The molecule has 0 bridgehead atoms. The highest BCUT2D eigenvalue weighted by atomic mass is 16.6. The molecule has 6 heteroatoms. The van der Waals surface area contributed by atoms with Gasteiger partial charge in [-0.15, -0.1) is 0 Å². The minimum Gasteiger partial charge on any atom is -0.483 e. The Morgan fingerprint density at radius 1 is 1.42 bits per heavy atom.